The summed E-state index contributed by atoms with van der Waals surface area (Å²) in [6.45, 7) is 1.53. The normalized spacial score (nSPS) is 14.7. The van der Waals surface area contributed by atoms with Gasteiger partial charge in [0.15, 0.2) is 35.7 Å². The lowest BCUT2D eigenvalue weighted by Gasteiger charge is -2.16. The van der Waals surface area contributed by atoms with E-state index in [1.54, 1.807) is 0 Å². The standard InChI is InChI=1S/C19H14NO4.NO3/c1-2-16-19(24-10-21-16)14-8-20-4-3-12-6-17-18(23-9-22-17)7-13(12)15(20)5-11(1)14;2-1(3)4/h1-2,5-8H,3-4,9-10H2;/q+1;-1. The van der Waals surface area contributed by atoms with Crippen molar-refractivity contribution in [2.75, 3.05) is 13.6 Å². The second-order valence-corrected chi connectivity index (χ2v) is 6.49. The van der Waals surface area contributed by atoms with E-state index in [-0.39, 0.29) is 0 Å². The molecule has 0 saturated heterocycles. The summed E-state index contributed by atoms with van der Waals surface area (Å²) in [6, 6.07) is 10.5. The minimum Gasteiger partial charge on any atom is -0.454 e. The number of hydrogen-bond acceptors (Lipinski definition) is 7. The van der Waals surface area contributed by atoms with E-state index in [0.717, 1.165) is 46.7 Å². The van der Waals surface area contributed by atoms with Crippen molar-refractivity contribution in [1.82, 2.24) is 0 Å². The van der Waals surface area contributed by atoms with E-state index in [1.165, 1.54) is 16.8 Å². The molecule has 0 fully saturated rings. The maximum Gasteiger partial charge on any atom is 0.231 e. The van der Waals surface area contributed by atoms with Gasteiger partial charge >= 0.3 is 0 Å². The fourth-order valence-corrected chi connectivity index (χ4v) is 3.81. The average molecular weight is 382 g/mol. The monoisotopic (exact) mass is 382 g/mol. The van der Waals surface area contributed by atoms with Crippen LogP contribution in [0.2, 0.25) is 0 Å². The van der Waals surface area contributed by atoms with E-state index < -0.39 is 5.09 Å². The molecule has 3 aliphatic rings. The van der Waals surface area contributed by atoms with E-state index in [1.807, 2.05) is 6.07 Å². The average Bonchev–Trinajstić information content (AvgIpc) is 3.33. The topological polar surface area (TPSA) is 107 Å². The molecule has 9 heteroatoms. The second kappa shape index (κ2) is 6.15. The Morgan fingerprint density at radius 3 is 2.46 bits per heavy atom. The van der Waals surface area contributed by atoms with Gasteiger partial charge in [0.05, 0.1) is 16.0 Å². The van der Waals surface area contributed by atoms with Crippen molar-refractivity contribution >= 4 is 10.8 Å². The molecule has 3 aliphatic heterocycles. The van der Waals surface area contributed by atoms with Gasteiger partial charge in [-0.15, -0.1) is 0 Å². The minimum atomic E-state index is -1.75. The van der Waals surface area contributed by atoms with Gasteiger partial charge in [0.2, 0.25) is 19.3 Å². The van der Waals surface area contributed by atoms with Crippen LogP contribution in [0.1, 0.15) is 5.56 Å². The molecule has 0 unspecified atom stereocenters. The third-order valence-electron chi connectivity index (χ3n) is 4.99. The smallest absolute Gasteiger partial charge is 0.231 e. The summed E-state index contributed by atoms with van der Waals surface area (Å²) in [5.41, 5.74) is 3.71. The number of pyridine rings is 1. The Labute approximate surface area is 158 Å². The number of benzene rings is 2. The first-order valence-corrected chi connectivity index (χ1v) is 8.60. The molecule has 0 bridgehead atoms. The second-order valence-electron chi connectivity index (χ2n) is 6.49. The highest BCUT2D eigenvalue weighted by molar-refractivity contribution is 5.92. The van der Waals surface area contributed by atoms with Crippen LogP contribution in [0.5, 0.6) is 23.0 Å². The van der Waals surface area contributed by atoms with Crippen LogP contribution in [0.25, 0.3) is 22.0 Å². The molecule has 0 aliphatic carbocycles. The lowest BCUT2D eigenvalue weighted by atomic mass is 9.95. The van der Waals surface area contributed by atoms with Crippen LogP contribution in [-0.2, 0) is 13.0 Å². The quantitative estimate of drug-likeness (QED) is 0.334. The van der Waals surface area contributed by atoms with Crippen LogP contribution in [0.4, 0.5) is 0 Å². The zero-order valence-corrected chi connectivity index (χ0v) is 14.5. The van der Waals surface area contributed by atoms with Gasteiger partial charge in [-0.1, -0.05) is 0 Å². The van der Waals surface area contributed by atoms with E-state index in [2.05, 4.69) is 35.0 Å². The molecule has 0 radical (unpaired) electrons. The first-order chi connectivity index (χ1) is 13.6. The number of aromatic nitrogens is 1. The summed E-state index contributed by atoms with van der Waals surface area (Å²) in [4.78, 5) is 8.25. The fourth-order valence-electron chi connectivity index (χ4n) is 3.81. The molecule has 9 nitrogen and oxygen atoms in total. The molecule has 1 aromatic heterocycles. The summed E-state index contributed by atoms with van der Waals surface area (Å²) in [7, 11) is 0. The zero-order chi connectivity index (χ0) is 19.3. The van der Waals surface area contributed by atoms with Crippen LogP contribution >= 0.6 is 0 Å². The van der Waals surface area contributed by atoms with Crippen LogP contribution in [0, 0.1) is 15.3 Å². The number of rotatable bonds is 0. The highest BCUT2D eigenvalue weighted by atomic mass is 16.9. The number of hydrogen-bond donors (Lipinski definition) is 0. The van der Waals surface area contributed by atoms with E-state index in [0.29, 0.717) is 13.6 Å². The summed E-state index contributed by atoms with van der Waals surface area (Å²) in [5, 5.41) is 17.0. The summed E-state index contributed by atoms with van der Waals surface area (Å²) < 4.78 is 24.5. The van der Waals surface area contributed by atoms with Gasteiger partial charge in [0.25, 0.3) is 0 Å². The third-order valence-corrected chi connectivity index (χ3v) is 4.99. The van der Waals surface area contributed by atoms with Crippen molar-refractivity contribution in [3.63, 3.8) is 0 Å². The van der Waals surface area contributed by atoms with Gasteiger partial charge in [-0.25, -0.2) is 0 Å². The van der Waals surface area contributed by atoms with Gasteiger partial charge in [0.1, 0.15) is 0 Å². The molecule has 0 N–H and O–H groups in total. The van der Waals surface area contributed by atoms with E-state index in [4.69, 9.17) is 34.3 Å². The van der Waals surface area contributed by atoms with Crippen molar-refractivity contribution in [2.24, 2.45) is 0 Å². The predicted molar refractivity (Wildman–Crippen MR) is 95.9 cm³/mol. The van der Waals surface area contributed by atoms with Crippen LogP contribution in [-0.4, -0.2) is 18.7 Å². The molecule has 142 valence electrons. The maximum atomic E-state index is 8.25. The third kappa shape index (κ3) is 2.59. The molecule has 0 atom stereocenters. The highest BCUT2D eigenvalue weighted by Crippen LogP contribution is 2.42. The van der Waals surface area contributed by atoms with Gasteiger partial charge in [0, 0.05) is 12.5 Å². The Hall–Kier alpha value is -3.75. The zero-order valence-electron chi connectivity index (χ0n) is 14.5. The number of aryl methyl sites for hydroxylation is 2. The predicted octanol–water partition coefficient (Wildman–Crippen LogP) is 2.57. The van der Waals surface area contributed by atoms with Crippen molar-refractivity contribution in [3.8, 4) is 34.3 Å². The largest absolute Gasteiger partial charge is 0.454 e. The lowest BCUT2D eigenvalue weighted by molar-refractivity contribution is -0.686. The molecule has 3 aromatic rings. The molecule has 6 rings (SSSR count). The van der Waals surface area contributed by atoms with Crippen LogP contribution < -0.4 is 23.5 Å². The van der Waals surface area contributed by atoms with Gasteiger partial charge in [-0.3, -0.25) is 0 Å². The molecular formula is C19H14N2O7. The number of ether oxygens (including phenoxy) is 4. The van der Waals surface area contributed by atoms with Gasteiger partial charge in [-0.05, 0) is 35.2 Å². The first kappa shape index (κ1) is 16.4. The molecule has 0 spiro atoms. The summed E-state index contributed by atoms with van der Waals surface area (Å²) >= 11 is 0. The van der Waals surface area contributed by atoms with Crippen molar-refractivity contribution < 1.29 is 28.6 Å². The maximum absolute atomic E-state index is 8.25. The van der Waals surface area contributed by atoms with Crippen molar-refractivity contribution in [1.29, 1.82) is 0 Å². The van der Waals surface area contributed by atoms with E-state index in [9.17, 15) is 0 Å². The first-order valence-electron chi connectivity index (χ1n) is 8.60. The highest BCUT2D eigenvalue weighted by Gasteiger charge is 2.29. The Morgan fingerprint density at radius 1 is 0.929 bits per heavy atom. The molecule has 0 saturated carbocycles. The Bertz CT molecular complexity index is 1130. The van der Waals surface area contributed by atoms with Crippen molar-refractivity contribution in [2.45, 2.75) is 13.0 Å². The number of fused-ring (bicyclic) bond motifs is 7. The van der Waals surface area contributed by atoms with E-state index >= 15 is 0 Å². The summed E-state index contributed by atoms with van der Waals surface area (Å²) in [6.07, 6.45) is 3.15. The molecule has 0 amide bonds. The lowest BCUT2D eigenvalue weighted by Crippen LogP contribution is -2.40. The number of nitrogens with zero attached hydrogens (tertiary/aromatic N) is 2. The van der Waals surface area contributed by atoms with Crippen LogP contribution in [0.15, 0.2) is 36.5 Å². The van der Waals surface area contributed by atoms with Gasteiger partial charge < -0.3 is 34.3 Å². The van der Waals surface area contributed by atoms with Gasteiger partial charge in [-0.2, -0.15) is 4.57 Å². The fraction of sp³-hybridized carbons (Fsp3) is 0.211. The Kier molecular flexibility index (Phi) is 3.61. The molecular weight excluding hydrogens is 368 g/mol. The van der Waals surface area contributed by atoms with Crippen LogP contribution in [0.3, 0.4) is 0 Å². The van der Waals surface area contributed by atoms with Crippen molar-refractivity contribution in [3.05, 3.63) is 57.4 Å². The Morgan fingerprint density at radius 2 is 1.64 bits per heavy atom. The molecule has 4 heterocycles. The SMILES string of the molecule is O=[N+]([O-])[O-].c1c2c(cc3c1OCO3)-c1cc3ccc4c(c3c[n+]1CC2)OCO4. The molecule has 28 heavy (non-hydrogen) atoms. The Balaban J connectivity index is 0.000000393. The summed E-state index contributed by atoms with van der Waals surface area (Å²) in [5.74, 6) is 3.35. The molecule has 2 aromatic carbocycles. The minimum absolute atomic E-state index is 0.294.